The average Bonchev–Trinajstić information content (AvgIpc) is 4.09. The van der Waals surface area contributed by atoms with Gasteiger partial charge in [0.15, 0.2) is 0 Å². The number of rotatable bonds is 2. The van der Waals surface area contributed by atoms with Crippen LogP contribution in [-0.4, -0.2) is 68.4 Å². The van der Waals surface area contributed by atoms with E-state index in [4.69, 9.17) is 0 Å². The van der Waals surface area contributed by atoms with E-state index >= 15 is 0 Å². The van der Waals surface area contributed by atoms with Gasteiger partial charge in [-0.3, -0.25) is 42.5 Å². The normalized spacial score (nSPS) is 44.1. The zero-order valence-corrected chi connectivity index (χ0v) is 33.8. The zero-order chi connectivity index (χ0) is 36.4. The second-order valence-corrected chi connectivity index (χ2v) is 18.0. The van der Waals surface area contributed by atoms with Crippen molar-refractivity contribution < 1.29 is 17.1 Å². The molecule has 0 aromatic carbocycles. The second-order valence-electron chi connectivity index (χ2n) is 18.0. The summed E-state index contributed by atoms with van der Waals surface area (Å²) in [5.74, 6) is 5.97. The van der Waals surface area contributed by atoms with Gasteiger partial charge in [0.25, 0.3) is 0 Å². The number of aromatic nitrogens is 4. The topological polar surface area (TPSA) is 132 Å². The number of nitrogens with one attached hydrogen (secondary N) is 8. The van der Waals surface area contributed by atoms with Crippen molar-refractivity contribution in [2.45, 2.75) is 152 Å². The van der Waals surface area contributed by atoms with Crippen molar-refractivity contribution >= 4 is 12.4 Å². The summed E-state index contributed by atoms with van der Waals surface area (Å²) in [6.07, 6.45) is 39.4. The van der Waals surface area contributed by atoms with Crippen molar-refractivity contribution in [2.75, 3.05) is 0 Å². The SMILES string of the molecule is C1CCC2C3NC(NC4NC(NC5NC(NC6NC(N3)C3CCCCC63)C3CCCCC53)C3CCCCC43)C2C1.C=Cn1ccnc1.C=Cn1ccnc1.[Fe]. The summed E-state index contributed by atoms with van der Waals surface area (Å²) in [4.78, 5) is 7.57. The Labute approximate surface area is 339 Å². The van der Waals surface area contributed by atoms with Crippen molar-refractivity contribution in [3.05, 3.63) is 50.6 Å². The summed E-state index contributed by atoms with van der Waals surface area (Å²) in [6, 6.07) is 0. The molecule has 0 spiro atoms. The van der Waals surface area contributed by atoms with E-state index in [-0.39, 0.29) is 17.1 Å². The van der Waals surface area contributed by atoms with Crippen molar-refractivity contribution in [1.82, 2.24) is 61.6 Å². The van der Waals surface area contributed by atoms with Crippen molar-refractivity contribution in [1.29, 1.82) is 0 Å². The molecule has 55 heavy (non-hydrogen) atoms. The maximum atomic E-state index is 4.26. The van der Waals surface area contributed by atoms with Crippen LogP contribution in [0.4, 0.5) is 0 Å². The van der Waals surface area contributed by atoms with Gasteiger partial charge in [-0.15, -0.1) is 0 Å². The number of nitrogens with zero attached hydrogens (tertiary/aromatic N) is 4. The summed E-state index contributed by atoms with van der Waals surface area (Å²) in [6.45, 7) is 7.05. The Morgan fingerprint density at radius 1 is 0.382 bits per heavy atom. The van der Waals surface area contributed by atoms with Gasteiger partial charge in [-0.1, -0.05) is 64.5 Å². The third-order valence-electron chi connectivity index (χ3n) is 15.3. The molecule has 8 atom stereocenters. The molecular weight excluding hydrogens is 728 g/mol. The quantitative estimate of drug-likeness (QED) is 0.205. The van der Waals surface area contributed by atoms with E-state index < -0.39 is 0 Å². The zero-order valence-electron chi connectivity index (χ0n) is 32.7. The molecule has 12 nitrogen and oxygen atoms in total. The molecule has 2 aromatic heterocycles. The molecule has 9 fully saturated rings. The first-order valence-electron chi connectivity index (χ1n) is 21.9. The van der Waals surface area contributed by atoms with Crippen molar-refractivity contribution in [3.63, 3.8) is 0 Å². The molecule has 13 heteroatoms. The maximum Gasteiger partial charge on any atom is 0.0986 e. The van der Waals surface area contributed by atoms with Crippen molar-refractivity contribution in [3.8, 4) is 0 Å². The molecule has 304 valence electrons. The van der Waals surface area contributed by atoms with Crippen LogP contribution in [0, 0.1) is 47.3 Å². The predicted octanol–water partition coefficient (Wildman–Crippen LogP) is 4.57. The summed E-state index contributed by atoms with van der Waals surface area (Å²) in [7, 11) is 0. The molecule has 4 saturated carbocycles. The molecule has 5 saturated heterocycles. The van der Waals surface area contributed by atoms with E-state index in [1.807, 2.05) is 12.4 Å². The van der Waals surface area contributed by atoms with Gasteiger partial charge in [-0.05, 0) is 98.7 Å². The molecule has 4 aliphatic carbocycles. The van der Waals surface area contributed by atoms with Crippen LogP contribution in [0.3, 0.4) is 0 Å². The van der Waals surface area contributed by atoms with E-state index in [1.165, 1.54) is 103 Å². The van der Waals surface area contributed by atoms with Crippen LogP contribution >= 0.6 is 0 Å². The fourth-order valence-corrected chi connectivity index (χ4v) is 12.7. The van der Waals surface area contributed by atoms with Gasteiger partial charge in [0.05, 0.1) is 62.0 Å². The third kappa shape index (κ3) is 8.49. The minimum Gasteiger partial charge on any atom is -0.314 e. The summed E-state index contributed by atoms with van der Waals surface area (Å²) >= 11 is 0. The van der Waals surface area contributed by atoms with Crippen LogP contribution in [0.25, 0.3) is 12.4 Å². The fourth-order valence-electron chi connectivity index (χ4n) is 12.7. The Kier molecular flexibility index (Phi) is 13.3. The molecule has 8 bridgehead atoms. The monoisotopic (exact) mass is 797 g/mol. The van der Waals surface area contributed by atoms with Gasteiger partial charge in [0, 0.05) is 54.3 Å². The van der Waals surface area contributed by atoms with Gasteiger partial charge < -0.3 is 9.13 Å². The first kappa shape index (κ1) is 39.9. The van der Waals surface area contributed by atoms with E-state index in [0.29, 0.717) is 49.3 Å². The first-order valence-corrected chi connectivity index (χ1v) is 21.9. The van der Waals surface area contributed by atoms with Crippen LogP contribution < -0.4 is 42.5 Å². The minimum atomic E-state index is 0. The molecule has 8 N–H and O–H groups in total. The van der Waals surface area contributed by atoms with Crippen molar-refractivity contribution in [2.24, 2.45) is 47.3 Å². The van der Waals surface area contributed by atoms with E-state index in [1.54, 1.807) is 46.6 Å². The second kappa shape index (κ2) is 18.4. The van der Waals surface area contributed by atoms with Crippen LogP contribution in [-0.2, 0) is 17.1 Å². The molecule has 8 unspecified atom stereocenters. The third-order valence-corrected chi connectivity index (χ3v) is 15.3. The molecular formula is C42H68FeN12. The summed E-state index contributed by atoms with van der Waals surface area (Å²) in [5.41, 5.74) is 0. The standard InChI is InChI=1S/C32H56N8.2C5H6N2.Fe/c1-2-10-18-17(9-1)25-33-26(18)38-28-21-13-5-6-14-22(21)30(35-28)40-32-24-16-8-7-15-23(24)31(36-32)39-29-20-12-4-3-11-19(20)27(34-29)37-25;2*1-2-7-4-3-6-5-7;/h17-40H,1-16H2;2*2-5H,1H2;. The Bertz CT molecular complexity index is 1240. The van der Waals surface area contributed by atoms with E-state index in [2.05, 4.69) is 65.7 Å². The van der Waals surface area contributed by atoms with Gasteiger partial charge in [0.2, 0.25) is 0 Å². The fraction of sp³-hybridized carbons (Fsp3) is 0.762. The molecule has 0 radical (unpaired) electrons. The molecule has 2 aromatic rings. The molecule has 5 aliphatic heterocycles. The molecule has 9 aliphatic rings. The van der Waals surface area contributed by atoms with Crippen LogP contribution in [0.15, 0.2) is 50.6 Å². The number of imidazole rings is 2. The van der Waals surface area contributed by atoms with Crippen LogP contribution in [0.2, 0.25) is 0 Å². The van der Waals surface area contributed by atoms with Crippen LogP contribution in [0.1, 0.15) is 103 Å². The van der Waals surface area contributed by atoms with Gasteiger partial charge in [-0.25, -0.2) is 9.97 Å². The summed E-state index contributed by atoms with van der Waals surface area (Å²) in [5, 5.41) is 33.8. The maximum absolute atomic E-state index is 4.26. The number of fused-ring (bicyclic) bond motifs is 20. The Morgan fingerprint density at radius 3 is 0.709 bits per heavy atom. The minimum absolute atomic E-state index is 0. The van der Waals surface area contributed by atoms with Gasteiger partial charge in [-0.2, -0.15) is 0 Å². The Hall–Kier alpha value is -1.90. The number of hydrogen-bond donors (Lipinski definition) is 8. The summed E-state index contributed by atoms with van der Waals surface area (Å²) < 4.78 is 3.56. The van der Waals surface area contributed by atoms with Gasteiger partial charge in [0.1, 0.15) is 0 Å². The van der Waals surface area contributed by atoms with Crippen LogP contribution in [0.5, 0.6) is 0 Å². The number of hydrogen-bond acceptors (Lipinski definition) is 10. The predicted molar refractivity (Wildman–Crippen MR) is 214 cm³/mol. The average molecular weight is 797 g/mol. The van der Waals surface area contributed by atoms with E-state index in [9.17, 15) is 0 Å². The Balaban J connectivity index is 0.000000241. The molecule has 11 rings (SSSR count). The largest absolute Gasteiger partial charge is 0.314 e. The molecule has 0 amide bonds. The first-order chi connectivity index (χ1) is 26.7. The molecule has 7 heterocycles. The van der Waals surface area contributed by atoms with Gasteiger partial charge >= 0.3 is 0 Å². The van der Waals surface area contributed by atoms with E-state index in [0.717, 1.165) is 47.3 Å². The smallest absolute Gasteiger partial charge is 0.0986 e. The Morgan fingerprint density at radius 2 is 0.582 bits per heavy atom.